The van der Waals surface area contributed by atoms with Crippen molar-refractivity contribution in [1.82, 2.24) is 0 Å². The molecule has 0 unspecified atom stereocenters. The SMILES string of the molecule is C[C@@H](OC(=O)c1cccs1)C(=O)Nc1sccc1C(N)=O. The van der Waals surface area contributed by atoms with Gasteiger partial charge in [0.25, 0.3) is 11.8 Å². The maximum Gasteiger partial charge on any atom is 0.349 e. The van der Waals surface area contributed by atoms with Gasteiger partial charge in [-0.1, -0.05) is 6.07 Å². The predicted octanol–water partition coefficient (Wildman–Crippen LogP) is 2.09. The Morgan fingerprint density at radius 1 is 1.24 bits per heavy atom. The quantitative estimate of drug-likeness (QED) is 0.823. The highest BCUT2D eigenvalue weighted by molar-refractivity contribution is 7.14. The van der Waals surface area contributed by atoms with E-state index in [2.05, 4.69) is 5.32 Å². The fraction of sp³-hybridized carbons (Fsp3) is 0.154. The molecule has 0 radical (unpaired) electrons. The molecular formula is C13H12N2O4S2. The van der Waals surface area contributed by atoms with Gasteiger partial charge in [-0.2, -0.15) is 0 Å². The van der Waals surface area contributed by atoms with Gasteiger partial charge in [-0.05, 0) is 29.8 Å². The van der Waals surface area contributed by atoms with Crippen molar-refractivity contribution in [3.05, 3.63) is 39.4 Å². The molecular weight excluding hydrogens is 312 g/mol. The average Bonchev–Trinajstić information content (AvgIpc) is 3.09. The lowest BCUT2D eigenvalue weighted by atomic mass is 10.3. The minimum atomic E-state index is -0.984. The van der Waals surface area contributed by atoms with Crippen LogP contribution in [0.2, 0.25) is 0 Å². The lowest BCUT2D eigenvalue weighted by Gasteiger charge is -2.12. The van der Waals surface area contributed by atoms with Crippen LogP contribution in [-0.4, -0.2) is 23.9 Å². The molecule has 0 spiro atoms. The molecule has 1 atom stereocenters. The summed E-state index contributed by atoms with van der Waals surface area (Å²) in [7, 11) is 0. The second-order valence-electron chi connectivity index (χ2n) is 4.04. The summed E-state index contributed by atoms with van der Waals surface area (Å²) in [5.41, 5.74) is 5.42. The Morgan fingerprint density at radius 3 is 2.62 bits per heavy atom. The number of anilines is 1. The molecule has 0 bridgehead atoms. The molecule has 0 aromatic carbocycles. The third-order valence-electron chi connectivity index (χ3n) is 2.54. The molecule has 110 valence electrons. The zero-order valence-corrected chi connectivity index (χ0v) is 12.6. The van der Waals surface area contributed by atoms with E-state index >= 15 is 0 Å². The second-order valence-corrected chi connectivity index (χ2v) is 5.91. The lowest BCUT2D eigenvalue weighted by molar-refractivity contribution is -0.123. The molecule has 3 N–H and O–H groups in total. The van der Waals surface area contributed by atoms with Gasteiger partial charge in [-0.25, -0.2) is 4.79 Å². The van der Waals surface area contributed by atoms with Crippen molar-refractivity contribution in [3.63, 3.8) is 0 Å². The molecule has 2 aromatic rings. The van der Waals surface area contributed by atoms with Gasteiger partial charge in [0.15, 0.2) is 6.10 Å². The fourth-order valence-electron chi connectivity index (χ4n) is 1.48. The molecule has 2 aromatic heterocycles. The highest BCUT2D eigenvalue weighted by atomic mass is 32.1. The van der Waals surface area contributed by atoms with Gasteiger partial charge in [-0.15, -0.1) is 22.7 Å². The highest BCUT2D eigenvalue weighted by Crippen LogP contribution is 2.23. The molecule has 8 heteroatoms. The molecule has 2 amide bonds. The number of carbonyl (C=O) groups excluding carboxylic acids is 3. The maximum absolute atomic E-state index is 12.0. The Labute approximate surface area is 128 Å². The van der Waals surface area contributed by atoms with Crippen molar-refractivity contribution in [2.45, 2.75) is 13.0 Å². The number of rotatable bonds is 5. The van der Waals surface area contributed by atoms with Gasteiger partial charge in [-0.3, -0.25) is 9.59 Å². The zero-order valence-electron chi connectivity index (χ0n) is 11.0. The summed E-state index contributed by atoms with van der Waals surface area (Å²) < 4.78 is 5.05. The van der Waals surface area contributed by atoms with Gasteiger partial charge in [0.1, 0.15) is 9.88 Å². The molecule has 0 aliphatic heterocycles. The first-order chi connectivity index (χ1) is 9.99. The number of esters is 1. The number of thiophene rings is 2. The largest absolute Gasteiger partial charge is 0.448 e. The normalized spacial score (nSPS) is 11.7. The number of nitrogens with two attached hydrogens (primary N) is 1. The smallest absolute Gasteiger partial charge is 0.349 e. The lowest BCUT2D eigenvalue weighted by Crippen LogP contribution is -2.30. The Kier molecular flexibility index (Phi) is 4.71. The topological polar surface area (TPSA) is 98.5 Å². The number of hydrogen-bond donors (Lipinski definition) is 2. The van der Waals surface area contributed by atoms with Crippen LogP contribution in [0.15, 0.2) is 29.0 Å². The number of hydrogen-bond acceptors (Lipinski definition) is 6. The Bertz CT molecular complexity index is 664. The summed E-state index contributed by atoms with van der Waals surface area (Å²) in [5.74, 6) is -1.71. The number of primary amides is 1. The van der Waals surface area contributed by atoms with E-state index in [1.807, 2.05) is 0 Å². The van der Waals surface area contributed by atoms with E-state index in [0.717, 1.165) is 0 Å². The molecule has 0 saturated heterocycles. The van der Waals surface area contributed by atoms with Gasteiger partial charge < -0.3 is 15.8 Å². The van der Waals surface area contributed by atoms with Crippen LogP contribution >= 0.6 is 22.7 Å². The fourth-order valence-corrected chi connectivity index (χ4v) is 2.88. The number of amides is 2. The van der Waals surface area contributed by atoms with Gasteiger partial charge >= 0.3 is 5.97 Å². The van der Waals surface area contributed by atoms with E-state index in [4.69, 9.17) is 10.5 Å². The molecule has 6 nitrogen and oxygen atoms in total. The van der Waals surface area contributed by atoms with Crippen molar-refractivity contribution in [3.8, 4) is 0 Å². The maximum atomic E-state index is 12.0. The van der Waals surface area contributed by atoms with E-state index in [1.54, 1.807) is 22.9 Å². The van der Waals surface area contributed by atoms with Crippen molar-refractivity contribution in [1.29, 1.82) is 0 Å². The molecule has 2 rings (SSSR count). The van der Waals surface area contributed by atoms with Crippen molar-refractivity contribution in [2.75, 3.05) is 5.32 Å². The van der Waals surface area contributed by atoms with Crippen molar-refractivity contribution < 1.29 is 19.1 Å². The van der Waals surface area contributed by atoms with Crippen LogP contribution < -0.4 is 11.1 Å². The number of nitrogens with one attached hydrogen (secondary N) is 1. The Hall–Kier alpha value is -2.19. The van der Waals surface area contributed by atoms with E-state index in [1.165, 1.54) is 35.7 Å². The van der Waals surface area contributed by atoms with Crippen LogP contribution in [0, 0.1) is 0 Å². The molecule has 0 fully saturated rings. The molecule has 0 saturated carbocycles. The van der Waals surface area contributed by atoms with Crippen LogP contribution in [0.25, 0.3) is 0 Å². The number of ether oxygens (including phenoxy) is 1. The molecule has 0 aliphatic rings. The van der Waals surface area contributed by atoms with Crippen LogP contribution in [0.5, 0.6) is 0 Å². The third-order valence-corrected chi connectivity index (χ3v) is 4.22. The Morgan fingerprint density at radius 2 is 2.00 bits per heavy atom. The third kappa shape index (κ3) is 3.67. The second kappa shape index (κ2) is 6.51. The zero-order chi connectivity index (χ0) is 15.4. The van der Waals surface area contributed by atoms with Crippen molar-refractivity contribution >= 4 is 45.5 Å². The summed E-state index contributed by atoms with van der Waals surface area (Å²) in [6.07, 6.45) is -0.984. The van der Waals surface area contributed by atoms with Crippen molar-refractivity contribution in [2.24, 2.45) is 5.73 Å². The van der Waals surface area contributed by atoms with Crippen LogP contribution in [0.3, 0.4) is 0 Å². The molecule has 2 heterocycles. The van der Waals surface area contributed by atoms with E-state index in [0.29, 0.717) is 9.88 Å². The molecule has 21 heavy (non-hydrogen) atoms. The summed E-state index contributed by atoms with van der Waals surface area (Å²) in [6, 6.07) is 4.85. The van der Waals surface area contributed by atoms with Crippen LogP contribution in [0.4, 0.5) is 5.00 Å². The summed E-state index contributed by atoms with van der Waals surface area (Å²) in [4.78, 5) is 35.3. The first-order valence-corrected chi connectivity index (χ1v) is 7.67. The first-order valence-electron chi connectivity index (χ1n) is 5.91. The summed E-state index contributed by atoms with van der Waals surface area (Å²) >= 11 is 2.40. The summed E-state index contributed by atoms with van der Waals surface area (Å²) in [6.45, 7) is 1.46. The van der Waals surface area contributed by atoms with Gasteiger partial charge in [0.2, 0.25) is 0 Å². The standard InChI is InChI=1S/C13H12N2O4S2/c1-7(19-13(18)9-3-2-5-20-9)11(17)15-12-8(10(14)16)4-6-21-12/h2-7H,1H3,(H2,14,16)(H,15,17)/t7-/m1/s1. The van der Waals surface area contributed by atoms with Crippen LogP contribution in [0.1, 0.15) is 27.0 Å². The van der Waals surface area contributed by atoms with Crippen LogP contribution in [-0.2, 0) is 9.53 Å². The van der Waals surface area contributed by atoms with Gasteiger partial charge in [0.05, 0.1) is 5.56 Å². The van der Waals surface area contributed by atoms with E-state index in [-0.39, 0.29) is 5.56 Å². The van der Waals surface area contributed by atoms with Gasteiger partial charge in [0, 0.05) is 0 Å². The first kappa shape index (κ1) is 15.2. The minimum absolute atomic E-state index is 0.227. The monoisotopic (exact) mass is 324 g/mol. The van der Waals surface area contributed by atoms with E-state index < -0.39 is 23.9 Å². The Balaban J connectivity index is 1.98. The summed E-state index contributed by atoms with van der Waals surface area (Å²) in [5, 5.41) is 6.25. The van der Waals surface area contributed by atoms with E-state index in [9.17, 15) is 14.4 Å². The highest BCUT2D eigenvalue weighted by Gasteiger charge is 2.21. The average molecular weight is 324 g/mol. The predicted molar refractivity (Wildman–Crippen MR) is 80.7 cm³/mol. The number of carbonyl (C=O) groups is 3. The minimum Gasteiger partial charge on any atom is -0.448 e. The molecule has 0 aliphatic carbocycles.